The summed E-state index contributed by atoms with van der Waals surface area (Å²) in [7, 11) is 0. The summed E-state index contributed by atoms with van der Waals surface area (Å²) in [5, 5.41) is 2.98. The number of nitrogens with zero attached hydrogens (tertiary/aromatic N) is 1. The summed E-state index contributed by atoms with van der Waals surface area (Å²) in [5.74, 6) is 1.66. The molecular formula is C18H20N2O2. The zero-order valence-corrected chi connectivity index (χ0v) is 12.7. The lowest BCUT2D eigenvalue weighted by molar-refractivity contribution is -0.127. The molecular weight excluding hydrogens is 276 g/mol. The standard InChI is InChI=1S/C18H20N2O2/c1-13-6-2-3-10-16(13)22-18-15(9-5-11-19-18)12-20-17(21)14-7-4-8-14/h2-3,5-6,9-11,14H,4,7-8,12H2,1H3,(H,20,21). The Bertz CT molecular complexity index is 666. The molecule has 3 rings (SSSR count). The van der Waals surface area contributed by atoms with Gasteiger partial charge in [0.15, 0.2) is 0 Å². The number of pyridine rings is 1. The molecule has 4 heteroatoms. The molecule has 22 heavy (non-hydrogen) atoms. The Hall–Kier alpha value is -2.36. The molecule has 114 valence electrons. The third-order valence-corrected chi connectivity index (χ3v) is 4.08. The van der Waals surface area contributed by atoms with Crippen molar-refractivity contribution in [1.82, 2.24) is 10.3 Å². The Morgan fingerprint density at radius 2 is 2.09 bits per heavy atom. The van der Waals surface area contributed by atoms with E-state index in [1.54, 1.807) is 6.20 Å². The SMILES string of the molecule is Cc1ccccc1Oc1ncccc1CNC(=O)C1CCC1. The largest absolute Gasteiger partial charge is 0.438 e. The van der Waals surface area contributed by atoms with Crippen LogP contribution in [0.5, 0.6) is 11.6 Å². The predicted molar refractivity (Wildman–Crippen MR) is 84.7 cm³/mol. The average Bonchev–Trinajstić information content (AvgIpc) is 2.47. The van der Waals surface area contributed by atoms with Gasteiger partial charge in [-0.25, -0.2) is 4.98 Å². The highest BCUT2D eigenvalue weighted by molar-refractivity contribution is 5.79. The van der Waals surface area contributed by atoms with Crippen LogP contribution in [0.1, 0.15) is 30.4 Å². The summed E-state index contributed by atoms with van der Waals surface area (Å²) in [5.41, 5.74) is 1.94. The number of hydrogen-bond acceptors (Lipinski definition) is 3. The first-order chi connectivity index (χ1) is 10.7. The monoisotopic (exact) mass is 296 g/mol. The van der Waals surface area contributed by atoms with Crippen LogP contribution in [0.25, 0.3) is 0 Å². The lowest BCUT2D eigenvalue weighted by atomic mass is 9.85. The van der Waals surface area contributed by atoms with E-state index >= 15 is 0 Å². The maximum Gasteiger partial charge on any atom is 0.224 e. The highest BCUT2D eigenvalue weighted by Gasteiger charge is 2.25. The van der Waals surface area contributed by atoms with Crippen molar-refractivity contribution in [2.45, 2.75) is 32.7 Å². The first kappa shape index (κ1) is 14.6. The van der Waals surface area contributed by atoms with E-state index in [9.17, 15) is 4.79 Å². The van der Waals surface area contributed by atoms with Gasteiger partial charge in [0.1, 0.15) is 5.75 Å². The van der Waals surface area contributed by atoms with Gasteiger partial charge < -0.3 is 10.1 Å². The van der Waals surface area contributed by atoms with E-state index in [-0.39, 0.29) is 11.8 Å². The molecule has 0 radical (unpaired) electrons. The van der Waals surface area contributed by atoms with Gasteiger partial charge in [0.05, 0.1) is 0 Å². The summed E-state index contributed by atoms with van der Waals surface area (Å²) < 4.78 is 5.91. The number of nitrogens with one attached hydrogen (secondary N) is 1. The predicted octanol–water partition coefficient (Wildman–Crippen LogP) is 3.60. The third-order valence-electron chi connectivity index (χ3n) is 4.08. The lowest BCUT2D eigenvalue weighted by Crippen LogP contribution is -2.34. The molecule has 0 unspecified atom stereocenters. The second kappa shape index (κ2) is 6.60. The minimum absolute atomic E-state index is 0.136. The molecule has 1 aromatic carbocycles. The first-order valence-corrected chi connectivity index (χ1v) is 7.69. The number of carbonyl (C=O) groups is 1. The van der Waals surface area contributed by atoms with E-state index in [0.717, 1.165) is 36.1 Å². The number of ether oxygens (including phenoxy) is 1. The van der Waals surface area contributed by atoms with Gasteiger partial charge in [0.25, 0.3) is 0 Å². The Labute approximate surface area is 130 Å². The third kappa shape index (κ3) is 3.27. The number of aryl methyl sites for hydroxylation is 1. The second-order valence-corrected chi connectivity index (χ2v) is 5.68. The minimum Gasteiger partial charge on any atom is -0.438 e. The molecule has 1 N–H and O–H groups in total. The second-order valence-electron chi connectivity index (χ2n) is 5.68. The maximum absolute atomic E-state index is 12.0. The van der Waals surface area contributed by atoms with Crippen molar-refractivity contribution in [3.8, 4) is 11.6 Å². The molecule has 4 nitrogen and oxygen atoms in total. The Morgan fingerprint density at radius 3 is 2.82 bits per heavy atom. The van der Waals surface area contributed by atoms with E-state index in [0.29, 0.717) is 12.4 Å². The topological polar surface area (TPSA) is 51.2 Å². The van der Waals surface area contributed by atoms with E-state index in [1.807, 2.05) is 43.3 Å². The van der Waals surface area contributed by atoms with Gasteiger partial charge in [-0.2, -0.15) is 0 Å². The molecule has 1 aromatic heterocycles. The summed E-state index contributed by atoms with van der Waals surface area (Å²) >= 11 is 0. The van der Waals surface area contributed by atoms with Crippen LogP contribution in [0.2, 0.25) is 0 Å². The van der Waals surface area contributed by atoms with Crippen molar-refractivity contribution in [2.75, 3.05) is 0 Å². The molecule has 1 fully saturated rings. The van der Waals surface area contributed by atoms with Crippen molar-refractivity contribution >= 4 is 5.91 Å². The van der Waals surface area contributed by atoms with Crippen LogP contribution < -0.4 is 10.1 Å². The lowest BCUT2D eigenvalue weighted by Gasteiger charge is -2.24. The van der Waals surface area contributed by atoms with E-state index in [4.69, 9.17) is 4.74 Å². The highest BCUT2D eigenvalue weighted by Crippen LogP contribution is 2.27. The van der Waals surface area contributed by atoms with Gasteiger partial charge in [-0.05, 0) is 37.5 Å². The van der Waals surface area contributed by atoms with Crippen LogP contribution in [0.4, 0.5) is 0 Å². The van der Waals surface area contributed by atoms with Gasteiger partial charge in [-0.15, -0.1) is 0 Å². The molecule has 0 spiro atoms. The fourth-order valence-electron chi connectivity index (χ4n) is 2.42. The van der Waals surface area contributed by atoms with E-state index in [2.05, 4.69) is 10.3 Å². The number of rotatable bonds is 5. The van der Waals surface area contributed by atoms with Crippen molar-refractivity contribution in [3.63, 3.8) is 0 Å². The first-order valence-electron chi connectivity index (χ1n) is 7.69. The van der Waals surface area contributed by atoms with Crippen LogP contribution in [0.15, 0.2) is 42.6 Å². The highest BCUT2D eigenvalue weighted by atomic mass is 16.5. The molecule has 1 saturated carbocycles. The molecule has 0 atom stereocenters. The molecule has 0 bridgehead atoms. The molecule has 0 aliphatic heterocycles. The van der Waals surface area contributed by atoms with Crippen molar-refractivity contribution < 1.29 is 9.53 Å². The molecule has 1 amide bonds. The smallest absolute Gasteiger partial charge is 0.224 e. The van der Waals surface area contributed by atoms with Crippen LogP contribution in [0.3, 0.4) is 0 Å². The number of carbonyl (C=O) groups excluding carboxylic acids is 1. The number of benzene rings is 1. The van der Waals surface area contributed by atoms with Crippen LogP contribution in [-0.4, -0.2) is 10.9 Å². The van der Waals surface area contributed by atoms with Gasteiger partial charge in [-0.1, -0.05) is 30.7 Å². The zero-order chi connectivity index (χ0) is 15.4. The summed E-state index contributed by atoms with van der Waals surface area (Å²) in [6, 6.07) is 11.6. The number of amides is 1. The number of hydrogen-bond donors (Lipinski definition) is 1. The quantitative estimate of drug-likeness (QED) is 0.917. The normalized spacial score (nSPS) is 14.2. The average molecular weight is 296 g/mol. The van der Waals surface area contributed by atoms with Gasteiger partial charge in [-0.3, -0.25) is 4.79 Å². The number of aromatic nitrogens is 1. The fourth-order valence-corrected chi connectivity index (χ4v) is 2.42. The minimum atomic E-state index is 0.136. The maximum atomic E-state index is 12.0. The summed E-state index contributed by atoms with van der Waals surface area (Å²) in [4.78, 5) is 16.2. The van der Waals surface area contributed by atoms with Gasteiger partial charge in [0.2, 0.25) is 11.8 Å². The van der Waals surface area contributed by atoms with E-state index < -0.39 is 0 Å². The zero-order valence-electron chi connectivity index (χ0n) is 12.7. The molecule has 1 heterocycles. The Morgan fingerprint density at radius 1 is 1.27 bits per heavy atom. The Kier molecular flexibility index (Phi) is 4.37. The van der Waals surface area contributed by atoms with Crippen LogP contribution in [-0.2, 0) is 11.3 Å². The summed E-state index contributed by atoms with van der Waals surface area (Å²) in [6.45, 7) is 2.45. The van der Waals surface area contributed by atoms with Crippen molar-refractivity contribution in [2.24, 2.45) is 5.92 Å². The molecule has 1 aliphatic rings. The van der Waals surface area contributed by atoms with Gasteiger partial charge >= 0.3 is 0 Å². The van der Waals surface area contributed by atoms with Crippen molar-refractivity contribution in [1.29, 1.82) is 0 Å². The Balaban J connectivity index is 1.69. The number of para-hydroxylation sites is 1. The summed E-state index contributed by atoms with van der Waals surface area (Å²) in [6.07, 6.45) is 4.87. The van der Waals surface area contributed by atoms with E-state index in [1.165, 1.54) is 0 Å². The molecule has 0 saturated heterocycles. The fraction of sp³-hybridized carbons (Fsp3) is 0.333. The molecule has 2 aromatic rings. The van der Waals surface area contributed by atoms with Gasteiger partial charge in [0, 0.05) is 24.2 Å². The molecule has 1 aliphatic carbocycles. The van der Waals surface area contributed by atoms with Crippen LogP contribution >= 0.6 is 0 Å². The van der Waals surface area contributed by atoms with Crippen molar-refractivity contribution in [3.05, 3.63) is 53.7 Å². The van der Waals surface area contributed by atoms with Crippen LogP contribution in [0, 0.1) is 12.8 Å².